The molecule has 0 aromatic carbocycles. The summed E-state index contributed by atoms with van der Waals surface area (Å²) in [4.78, 5) is 22.6. The van der Waals surface area contributed by atoms with Crippen LogP contribution in [0.15, 0.2) is 6.20 Å². The van der Waals surface area contributed by atoms with Crippen LogP contribution >= 0.6 is 0 Å². The normalized spacial score (nSPS) is 14.1. The fourth-order valence-electron chi connectivity index (χ4n) is 2.80. The first kappa shape index (κ1) is 13.5. The topological polar surface area (TPSA) is 89.9 Å². The number of nitrogens with two attached hydrogens (primary N) is 1. The quantitative estimate of drug-likeness (QED) is 0.867. The van der Waals surface area contributed by atoms with Crippen molar-refractivity contribution in [2.75, 3.05) is 11.4 Å². The molecule has 2 N–H and O–H groups in total. The molecule has 0 fully saturated rings. The van der Waals surface area contributed by atoms with Crippen LogP contribution in [0.2, 0.25) is 0 Å². The molecule has 0 unspecified atom stereocenters. The average molecular weight is 286 g/mol. The highest BCUT2D eigenvalue weighted by Gasteiger charge is 2.27. The highest BCUT2D eigenvalue weighted by atomic mass is 16.1. The molecule has 21 heavy (non-hydrogen) atoms. The molecule has 0 atom stereocenters. The van der Waals surface area contributed by atoms with Gasteiger partial charge in [0.2, 0.25) is 0 Å². The van der Waals surface area contributed by atoms with Crippen molar-refractivity contribution in [3.8, 4) is 0 Å². The molecule has 2 aromatic rings. The van der Waals surface area contributed by atoms with Gasteiger partial charge in [-0.05, 0) is 13.8 Å². The maximum absolute atomic E-state index is 11.6. The van der Waals surface area contributed by atoms with Gasteiger partial charge < -0.3 is 10.6 Å². The van der Waals surface area contributed by atoms with Gasteiger partial charge in [0.05, 0.1) is 11.4 Å². The lowest BCUT2D eigenvalue weighted by Gasteiger charge is -2.29. The first-order valence-electron chi connectivity index (χ1n) is 6.87. The molecule has 0 spiro atoms. The monoisotopic (exact) mass is 286 g/mol. The van der Waals surface area contributed by atoms with E-state index in [1.165, 1.54) is 0 Å². The van der Waals surface area contributed by atoms with Gasteiger partial charge in [-0.1, -0.05) is 0 Å². The van der Waals surface area contributed by atoms with Crippen LogP contribution < -0.4 is 10.6 Å². The Morgan fingerprint density at radius 1 is 1.38 bits per heavy atom. The highest BCUT2D eigenvalue weighted by molar-refractivity contribution is 5.92. The van der Waals surface area contributed by atoms with E-state index >= 15 is 0 Å². The number of rotatable bonds is 2. The molecule has 1 aliphatic rings. The molecule has 0 saturated heterocycles. The Hall–Kier alpha value is -2.44. The maximum atomic E-state index is 11.6. The second-order valence-corrected chi connectivity index (χ2v) is 5.35. The Bertz CT molecular complexity index is 720. The maximum Gasteiger partial charge on any atom is 0.269 e. The first-order valence-corrected chi connectivity index (χ1v) is 6.87. The lowest BCUT2D eigenvalue weighted by molar-refractivity contribution is 0.0994. The lowest BCUT2D eigenvalue weighted by Crippen LogP contribution is -2.33. The number of carbonyl (C=O) groups is 1. The van der Waals surface area contributed by atoms with E-state index in [1.54, 1.807) is 10.9 Å². The Morgan fingerprint density at radius 3 is 2.86 bits per heavy atom. The number of hydrogen-bond acceptors (Lipinski definition) is 5. The number of aryl methyl sites for hydroxylation is 3. The molecule has 0 saturated carbocycles. The van der Waals surface area contributed by atoms with Crippen molar-refractivity contribution in [1.82, 2.24) is 19.7 Å². The number of nitrogens with zero attached hydrogens (tertiary/aromatic N) is 5. The summed E-state index contributed by atoms with van der Waals surface area (Å²) in [5, 5.41) is 4.24. The predicted molar refractivity (Wildman–Crippen MR) is 78.0 cm³/mol. The fourth-order valence-corrected chi connectivity index (χ4v) is 2.80. The van der Waals surface area contributed by atoms with Crippen LogP contribution in [0, 0.1) is 13.8 Å². The summed E-state index contributed by atoms with van der Waals surface area (Å²) in [6.07, 6.45) is 2.56. The molecule has 0 bridgehead atoms. The van der Waals surface area contributed by atoms with Crippen molar-refractivity contribution in [2.45, 2.75) is 26.8 Å². The van der Waals surface area contributed by atoms with Crippen molar-refractivity contribution in [2.24, 2.45) is 12.8 Å². The van der Waals surface area contributed by atoms with Gasteiger partial charge in [-0.3, -0.25) is 14.5 Å². The Labute approximate surface area is 122 Å². The number of aromatic nitrogens is 4. The zero-order valence-corrected chi connectivity index (χ0v) is 12.4. The fraction of sp³-hybridized carbons (Fsp3) is 0.429. The largest absolute Gasteiger partial charge is 0.364 e. The van der Waals surface area contributed by atoms with Gasteiger partial charge in [0.1, 0.15) is 0 Å². The number of amides is 1. The number of anilines is 1. The smallest absolute Gasteiger partial charge is 0.269 e. The van der Waals surface area contributed by atoms with E-state index in [4.69, 9.17) is 5.73 Å². The molecule has 0 radical (unpaired) electrons. The zero-order chi connectivity index (χ0) is 15.1. The molecular weight excluding hydrogens is 268 g/mol. The molecular formula is C14H18N6O. The third-order valence-electron chi connectivity index (χ3n) is 3.83. The van der Waals surface area contributed by atoms with Crippen LogP contribution in [-0.2, 0) is 20.0 Å². The van der Waals surface area contributed by atoms with Gasteiger partial charge in [0.15, 0.2) is 11.5 Å². The minimum Gasteiger partial charge on any atom is -0.364 e. The Balaban J connectivity index is 2.01. The first-order chi connectivity index (χ1) is 9.97. The van der Waals surface area contributed by atoms with Crippen molar-refractivity contribution in [3.05, 3.63) is 34.5 Å². The van der Waals surface area contributed by atoms with Crippen LogP contribution in [0.5, 0.6) is 0 Å². The van der Waals surface area contributed by atoms with Crippen molar-refractivity contribution in [3.63, 3.8) is 0 Å². The standard InChI is InChI=1S/C14H18N6O/c1-8-6-16-9(2)14(17-8)20-5-4-11-10(7-20)12(13(15)21)18-19(11)3/h6H,4-5,7H2,1-3H3,(H2,15,21). The summed E-state index contributed by atoms with van der Waals surface area (Å²) in [7, 11) is 1.85. The molecule has 3 heterocycles. The molecule has 7 nitrogen and oxygen atoms in total. The van der Waals surface area contributed by atoms with E-state index in [2.05, 4.69) is 20.0 Å². The summed E-state index contributed by atoms with van der Waals surface area (Å²) in [6.45, 7) is 5.27. The second-order valence-electron chi connectivity index (χ2n) is 5.35. The molecule has 1 amide bonds. The van der Waals surface area contributed by atoms with E-state index in [0.717, 1.165) is 41.4 Å². The molecule has 3 rings (SSSR count). The lowest BCUT2D eigenvalue weighted by atomic mass is 10.0. The van der Waals surface area contributed by atoms with E-state index in [9.17, 15) is 4.79 Å². The number of fused-ring (bicyclic) bond motifs is 1. The van der Waals surface area contributed by atoms with Gasteiger partial charge in [0, 0.05) is 44.0 Å². The number of hydrogen-bond donors (Lipinski definition) is 1. The van der Waals surface area contributed by atoms with Gasteiger partial charge in [-0.2, -0.15) is 5.10 Å². The summed E-state index contributed by atoms with van der Waals surface area (Å²) < 4.78 is 1.75. The van der Waals surface area contributed by atoms with Crippen molar-refractivity contribution in [1.29, 1.82) is 0 Å². The Morgan fingerprint density at radius 2 is 2.14 bits per heavy atom. The van der Waals surface area contributed by atoms with Crippen LogP contribution in [0.1, 0.15) is 33.1 Å². The van der Waals surface area contributed by atoms with Crippen molar-refractivity contribution < 1.29 is 4.79 Å². The van der Waals surface area contributed by atoms with Crippen LogP contribution in [0.25, 0.3) is 0 Å². The van der Waals surface area contributed by atoms with Gasteiger partial charge in [0.25, 0.3) is 5.91 Å². The van der Waals surface area contributed by atoms with Crippen molar-refractivity contribution >= 4 is 11.7 Å². The predicted octanol–water partition coefficient (Wildman–Crippen LogP) is 0.489. The number of primary amides is 1. The van der Waals surface area contributed by atoms with Gasteiger partial charge in [-0.15, -0.1) is 0 Å². The third-order valence-corrected chi connectivity index (χ3v) is 3.83. The van der Waals surface area contributed by atoms with E-state index in [0.29, 0.717) is 12.2 Å². The minimum atomic E-state index is -0.485. The number of carbonyl (C=O) groups excluding carboxylic acids is 1. The molecule has 7 heteroatoms. The molecule has 1 aliphatic heterocycles. The average Bonchev–Trinajstić information content (AvgIpc) is 2.78. The SMILES string of the molecule is Cc1cnc(C)c(N2CCc3c(c(C(N)=O)nn3C)C2)n1. The van der Waals surface area contributed by atoms with Gasteiger partial charge >= 0.3 is 0 Å². The highest BCUT2D eigenvalue weighted by Crippen LogP contribution is 2.26. The second kappa shape index (κ2) is 4.83. The van der Waals surface area contributed by atoms with E-state index < -0.39 is 5.91 Å². The zero-order valence-electron chi connectivity index (χ0n) is 12.4. The summed E-state index contributed by atoms with van der Waals surface area (Å²) >= 11 is 0. The summed E-state index contributed by atoms with van der Waals surface area (Å²) in [6, 6.07) is 0. The van der Waals surface area contributed by atoms with E-state index in [1.807, 2.05) is 20.9 Å². The van der Waals surface area contributed by atoms with E-state index in [-0.39, 0.29) is 0 Å². The molecule has 110 valence electrons. The third kappa shape index (κ3) is 2.24. The summed E-state index contributed by atoms with van der Waals surface area (Å²) in [5.74, 6) is 0.376. The Kier molecular flexibility index (Phi) is 3.12. The van der Waals surface area contributed by atoms with Crippen LogP contribution in [-0.4, -0.2) is 32.2 Å². The molecule has 0 aliphatic carbocycles. The van der Waals surface area contributed by atoms with Gasteiger partial charge in [-0.25, -0.2) is 4.98 Å². The minimum absolute atomic E-state index is 0.357. The van der Waals surface area contributed by atoms with Crippen LogP contribution in [0.3, 0.4) is 0 Å². The molecule has 2 aromatic heterocycles. The van der Waals surface area contributed by atoms with Crippen LogP contribution in [0.4, 0.5) is 5.82 Å². The summed E-state index contributed by atoms with van der Waals surface area (Å²) in [5.41, 5.74) is 9.52.